The summed E-state index contributed by atoms with van der Waals surface area (Å²) in [7, 11) is 0. The van der Waals surface area contributed by atoms with E-state index in [2.05, 4.69) is 10.3 Å². The number of carbonyl (C=O) groups excluding carboxylic acids is 1. The first-order valence-electron chi connectivity index (χ1n) is 7.79. The van der Waals surface area contributed by atoms with Gasteiger partial charge >= 0.3 is 0 Å². The highest BCUT2D eigenvalue weighted by molar-refractivity contribution is 6.00. The quantitative estimate of drug-likeness (QED) is 0.655. The van der Waals surface area contributed by atoms with E-state index >= 15 is 0 Å². The van der Waals surface area contributed by atoms with Gasteiger partial charge in [-0.05, 0) is 51.4 Å². The molecular weight excluding hydrogens is 264 g/mol. The molecule has 5 heteroatoms. The van der Waals surface area contributed by atoms with Crippen molar-refractivity contribution in [2.75, 3.05) is 31.6 Å². The number of nitrogens with one attached hydrogen (secondary N) is 1. The monoisotopic (exact) mass is 288 g/mol. The van der Waals surface area contributed by atoms with E-state index in [1.54, 1.807) is 0 Å². The number of aryl methyl sites for hydroxylation is 1. The molecule has 21 heavy (non-hydrogen) atoms. The average molecular weight is 288 g/mol. The summed E-state index contributed by atoms with van der Waals surface area (Å²) in [5.74, 6) is 5.63. The highest BCUT2D eigenvalue weighted by Gasteiger charge is 2.32. The predicted molar refractivity (Wildman–Crippen MR) is 84.1 cm³/mol. The van der Waals surface area contributed by atoms with Gasteiger partial charge in [0.25, 0.3) is 5.91 Å². The van der Waals surface area contributed by atoms with Crippen LogP contribution < -0.4 is 11.3 Å². The van der Waals surface area contributed by atoms with Crippen molar-refractivity contribution in [1.82, 2.24) is 9.80 Å². The van der Waals surface area contributed by atoms with Crippen molar-refractivity contribution >= 4 is 11.6 Å². The molecule has 3 rings (SSSR count). The smallest absolute Gasteiger partial charge is 0.256 e. The Morgan fingerprint density at radius 2 is 2.05 bits per heavy atom. The van der Waals surface area contributed by atoms with Crippen molar-refractivity contribution in [1.29, 1.82) is 0 Å². The fourth-order valence-corrected chi connectivity index (χ4v) is 3.46. The molecular formula is C16H24N4O. The van der Waals surface area contributed by atoms with Gasteiger partial charge in [-0.25, -0.2) is 0 Å². The number of likely N-dealkylation sites (tertiary alicyclic amines) is 2. The molecule has 0 radical (unpaired) electrons. The fourth-order valence-electron chi connectivity index (χ4n) is 3.46. The first-order valence-corrected chi connectivity index (χ1v) is 7.79. The lowest BCUT2D eigenvalue weighted by Crippen LogP contribution is -2.37. The molecule has 114 valence electrons. The van der Waals surface area contributed by atoms with Crippen LogP contribution in [0.3, 0.4) is 0 Å². The molecule has 0 aliphatic carbocycles. The average Bonchev–Trinajstić information content (AvgIpc) is 3.17. The molecule has 2 heterocycles. The van der Waals surface area contributed by atoms with Crippen LogP contribution in [0.1, 0.15) is 35.2 Å². The van der Waals surface area contributed by atoms with Gasteiger partial charge in [-0.3, -0.25) is 15.5 Å². The van der Waals surface area contributed by atoms with Gasteiger partial charge in [-0.1, -0.05) is 11.6 Å². The number of hydrogen-bond acceptors (Lipinski definition) is 4. The topological polar surface area (TPSA) is 61.6 Å². The molecule has 1 atom stereocenters. The molecule has 3 N–H and O–H groups in total. The standard InChI is InChI=1S/C16H24N4O/c1-12-4-5-15(18-17)14(10-12)16(21)20-9-6-13(11-20)19-7-2-3-8-19/h4-5,10,13,18H,2-3,6-9,11,17H2,1H3. The van der Waals surface area contributed by atoms with Gasteiger partial charge in [0.15, 0.2) is 0 Å². The number of hydrazine groups is 1. The number of amides is 1. The SMILES string of the molecule is Cc1ccc(NN)c(C(=O)N2CCC(N3CCCC3)C2)c1. The molecule has 0 saturated carbocycles. The van der Waals surface area contributed by atoms with Crippen molar-refractivity contribution in [3.05, 3.63) is 29.3 Å². The maximum absolute atomic E-state index is 12.8. The van der Waals surface area contributed by atoms with E-state index in [1.807, 2.05) is 30.0 Å². The highest BCUT2D eigenvalue weighted by atomic mass is 16.2. The Labute approximate surface area is 126 Å². The number of nitrogens with zero attached hydrogens (tertiary/aromatic N) is 2. The molecule has 1 unspecified atom stereocenters. The Kier molecular flexibility index (Phi) is 4.12. The number of carbonyl (C=O) groups is 1. The number of nitrogen functional groups attached to an aromatic ring is 1. The van der Waals surface area contributed by atoms with Crippen LogP contribution in [0.5, 0.6) is 0 Å². The van der Waals surface area contributed by atoms with Gasteiger partial charge < -0.3 is 10.3 Å². The van der Waals surface area contributed by atoms with E-state index in [-0.39, 0.29) is 5.91 Å². The number of nitrogens with two attached hydrogens (primary N) is 1. The van der Waals surface area contributed by atoms with Crippen molar-refractivity contribution < 1.29 is 4.79 Å². The third-order valence-electron chi connectivity index (χ3n) is 4.67. The van der Waals surface area contributed by atoms with Gasteiger partial charge in [0.2, 0.25) is 0 Å². The summed E-state index contributed by atoms with van der Waals surface area (Å²) in [6.07, 6.45) is 3.68. The lowest BCUT2D eigenvalue weighted by atomic mass is 10.1. The summed E-state index contributed by atoms with van der Waals surface area (Å²) in [5.41, 5.74) is 5.10. The minimum absolute atomic E-state index is 0.0911. The maximum Gasteiger partial charge on any atom is 0.256 e. The minimum Gasteiger partial charge on any atom is -0.337 e. The van der Waals surface area contributed by atoms with Gasteiger partial charge in [-0.15, -0.1) is 0 Å². The van der Waals surface area contributed by atoms with Gasteiger partial charge in [0, 0.05) is 19.1 Å². The van der Waals surface area contributed by atoms with Crippen LogP contribution in [0.15, 0.2) is 18.2 Å². The fraction of sp³-hybridized carbons (Fsp3) is 0.562. The Morgan fingerprint density at radius 3 is 2.76 bits per heavy atom. The van der Waals surface area contributed by atoms with Crippen molar-refractivity contribution in [3.63, 3.8) is 0 Å². The Morgan fingerprint density at radius 1 is 1.29 bits per heavy atom. The lowest BCUT2D eigenvalue weighted by molar-refractivity contribution is 0.0781. The van der Waals surface area contributed by atoms with Crippen LogP contribution in [0, 0.1) is 6.92 Å². The highest BCUT2D eigenvalue weighted by Crippen LogP contribution is 2.24. The largest absolute Gasteiger partial charge is 0.337 e. The number of benzene rings is 1. The molecule has 2 aliphatic rings. The molecule has 1 amide bonds. The Bertz CT molecular complexity index is 525. The normalized spacial score (nSPS) is 22.8. The second-order valence-electron chi connectivity index (χ2n) is 6.13. The van der Waals surface area contributed by atoms with E-state index in [0.29, 0.717) is 17.3 Å². The second kappa shape index (κ2) is 6.03. The summed E-state index contributed by atoms with van der Waals surface area (Å²) in [5, 5.41) is 0. The summed E-state index contributed by atoms with van der Waals surface area (Å²) in [6, 6.07) is 6.29. The van der Waals surface area contributed by atoms with E-state index in [0.717, 1.165) is 25.1 Å². The zero-order valence-electron chi connectivity index (χ0n) is 12.6. The molecule has 0 spiro atoms. The van der Waals surface area contributed by atoms with Gasteiger partial charge in [-0.2, -0.15) is 0 Å². The molecule has 2 saturated heterocycles. The summed E-state index contributed by atoms with van der Waals surface area (Å²) >= 11 is 0. The zero-order valence-corrected chi connectivity index (χ0v) is 12.6. The molecule has 1 aromatic carbocycles. The van der Waals surface area contributed by atoms with Gasteiger partial charge in [0.1, 0.15) is 0 Å². The molecule has 2 aliphatic heterocycles. The maximum atomic E-state index is 12.8. The first-order chi connectivity index (χ1) is 10.2. The lowest BCUT2D eigenvalue weighted by Gasteiger charge is -2.24. The van der Waals surface area contributed by atoms with Crippen LogP contribution in [-0.2, 0) is 0 Å². The van der Waals surface area contributed by atoms with Crippen LogP contribution >= 0.6 is 0 Å². The third-order valence-corrected chi connectivity index (χ3v) is 4.67. The number of anilines is 1. The number of rotatable bonds is 3. The van der Waals surface area contributed by atoms with E-state index in [9.17, 15) is 4.79 Å². The van der Waals surface area contributed by atoms with Crippen LogP contribution in [0.2, 0.25) is 0 Å². The molecule has 0 aromatic heterocycles. The summed E-state index contributed by atoms with van der Waals surface area (Å²) in [6.45, 7) is 6.06. The van der Waals surface area contributed by atoms with Crippen LogP contribution in [0.25, 0.3) is 0 Å². The summed E-state index contributed by atoms with van der Waals surface area (Å²) in [4.78, 5) is 17.3. The van der Waals surface area contributed by atoms with E-state index in [4.69, 9.17) is 5.84 Å². The molecule has 0 bridgehead atoms. The van der Waals surface area contributed by atoms with E-state index < -0.39 is 0 Å². The molecule has 5 nitrogen and oxygen atoms in total. The van der Waals surface area contributed by atoms with Crippen molar-refractivity contribution in [3.8, 4) is 0 Å². The minimum atomic E-state index is 0.0911. The molecule has 2 fully saturated rings. The van der Waals surface area contributed by atoms with Crippen molar-refractivity contribution in [2.24, 2.45) is 5.84 Å². The van der Waals surface area contributed by atoms with Crippen LogP contribution in [-0.4, -0.2) is 47.9 Å². The number of hydrogen-bond donors (Lipinski definition) is 2. The van der Waals surface area contributed by atoms with Crippen molar-refractivity contribution in [2.45, 2.75) is 32.2 Å². The first kappa shape index (κ1) is 14.4. The third kappa shape index (κ3) is 2.89. The Hall–Kier alpha value is -1.59. The molecule has 1 aromatic rings. The predicted octanol–water partition coefficient (Wildman–Crippen LogP) is 1.59. The Balaban J connectivity index is 1.72. The van der Waals surface area contributed by atoms with E-state index in [1.165, 1.54) is 25.9 Å². The summed E-state index contributed by atoms with van der Waals surface area (Å²) < 4.78 is 0. The zero-order chi connectivity index (χ0) is 14.8. The second-order valence-corrected chi connectivity index (χ2v) is 6.13. The van der Waals surface area contributed by atoms with Crippen LogP contribution in [0.4, 0.5) is 5.69 Å². The van der Waals surface area contributed by atoms with Gasteiger partial charge in [0.05, 0.1) is 11.3 Å².